The van der Waals surface area contributed by atoms with Crippen LogP contribution in [0.15, 0.2) is 47.8 Å². The molecule has 1 atom stereocenters. The molecule has 2 amide bonds. The number of aliphatic carboxylic acids is 1. The van der Waals surface area contributed by atoms with Crippen molar-refractivity contribution in [1.29, 1.82) is 0 Å². The van der Waals surface area contributed by atoms with Crippen molar-refractivity contribution >= 4 is 27.8 Å². The largest absolute Gasteiger partial charge is 0.480 e. The van der Waals surface area contributed by atoms with Crippen LogP contribution in [0.25, 0.3) is 0 Å². The molecule has 10 nitrogen and oxygen atoms in total. The standard InChI is InChI=1S/C18H19F3N4O6S/c1-17(2,16(28)29)24-14(26)13(23-15(27)18(19,20)21)8-11-9-25(10-22-11)32(30,31)12-6-4-3-5-7-12/h3-7,9-10,13H,8H2,1-2H3,(H,23,27)(H,24,26)(H,28,29)/t13-/m0/s1. The van der Waals surface area contributed by atoms with Crippen LogP contribution >= 0.6 is 0 Å². The summed E-state index contributed by atoms with van der Waals surface area (Å²) in [5.74, 6) is -5.12. The number of carbonyl (C=O) groups is 3. The highest BCUT2D eigenvalue weighted by Gasteiger charge is 2.42. The van der Waals surface area contributed by atoms with Crippen molar-refractivity contribution in [2.45, 2.75) is 42.9 Å². The van der Waals surface area contributed by atoms with Gasteiger partial charge in [-0.3, -0.25) is 9.59 Å². The van der Waals surface area contributed by atoms with Crippen LogP contribution in [0, 0.1) is 0 Å². The van der Waals surface area contributed by atoms with Gasteiger partial charge in [0, 0.05) is 12.6 Å². The fourth-order valence-corrected chi connectivity index (χ4v) is 3.58. The average molecular weight is 476 g/mol. The molecule has 0 aliphatic carbocycles. The number of carbonyl (C=O) groups excluding carboxylic acids is 2. The number of halogens is 3. The maximum atomic E-state index is 12.7. The van der Waals surface area contributed by atoms with Crippen LogP contribution in [-0.4, -0.2) is 58.0 Å². The van der Waals surface area contributed by atoms with Crippen molar-refractivity contribution in [1.82, 2.24) is 19.6 Å². The molecule has 1 heterocycles. The summed E-state index contributed by atoms with van der Waals surface area (Å²) < 4.78 is 64.0. The maximum Gasteiger partial charge on any atom is 0.471 e. The van der Waals surface area contributed by atoms with E-state index in [9.17, 15) is 36.0 Å². The number of hydrogen-bond donors (Lipinski definition) is 3. The molecule has 0 spiro atoms. The van der Waals surface area contributed by atoms with E-state index in [2.05, 4.69) is 4.98 Å². The first-order valence-electron chi connectivity index (χ1n) is 8.91. The smallest absolute Gasteiger partial charge is 0.471 e. The number of hydrogen-bond acceptors (Lipinski definition) is 6. The summed E-state index contributed by atoms with van der Waals surface area (Å²) in [5, 5.41) is 12.6. The van der Waals surface area contributed by atoms with Gasteiger partial charge in [0.05, 0.1) is 10.6 Å². The monoisotopic (exact) mass is 476 g/mol. The number of benzene rings is 1. The Morgan fingerprint density at radius 1 is 1.16 bits per heavy atom. The minimum Gasteiger partial charge on any atom is -0.480 e. The molecular formula is C18H19F3N4O6S. The summed E-state index contributed by atoms with van der Waals surface area (Å²) >= 11 is 0. The summed E-state index contributed by atoms with van der Waals surface area (Å²) in [6, 6.07) is 5.34. The van der Waals surface area contributed by atoms with Crippen LogP contribution in [-0.2, 0) is 30.8 Å². The number of aromatic nitrogens is 2. The van der Waals surface area contributed by atoms with E-state index in [1.807, 2.05) is 5.32 Å². The topological polar surface area (TPSA) is 147 Å². The van der Waals surface area contributed by atoms with Crippen molar-refractivity contribution in [2.75, 3.05) is 0 Å². The highest BCUT2D eigenvalue weighted by molar-refractivity contribution is 7.90. The van der Waals surface area contributed by atoms with E-state index in [0.29, 0.717) is 3.97 Å². The molecule has 2 aromatic rings. The second-order valence-electron chi connectivity index (χ2n) is 7.16. The zero-order valence-corrected chi connectivity index (χ0v) is 17.6. The van der Waals surface area contributed by atoms with Crippen molar-refractivity contribution in [2.24, 2.45) is 0 Å². The van der Waals surface area contributed by atoms with E-state index in [1.54, 1.807) is 6.07 Å². The van der Waals surface area contributed by atoms with Gasteiger partial charge in [0.25, 0.3) is 10.0 Å². The van der Waals surface area contributed by atoms with Gasteiger partial charge in [0.15, 0.2) is 0 Å². The molecule has 1 aromatic carbocycles. The number of amides is 2. The summed E-state index contributed by atoms with van der Waals surface area (Å²) in [5.41, 5.74) is -1.99. The lowest BCUT2D eigenvalue weighted by Gasteiger charge is -2.25. The first-order chi connectivity index (χ1) is 14.6. The Bertz CT molecular complexity index is 1110. The summed E-state index contributed by atoms with van der Waals surface area (Å²) in [6.07, 6.45) is -4.08. The number of carboxylic acid groups (broad SMARTS) is 1. The lowest BCUT2D eigenvalue weighted by molar-refractivity contribution is -0.174. The molecular weight excluding hydrogens is 457 g/mol. The van der Waals surface area contributed by atoms with Gasteiger partial charge in [-0.2, -0.15) is 13.2 Å². The molecule has 0 saturated heterocycles. The quantitative estimate of drug-likeness (QED) is 0.508. The number of carboxylic acids is 1. The van der Waals surface area contributed by atoms with E-state index in [-0.39, 0.29) is 10.6 Å². The fraction of sp³-hybridized carbons (Fsp3) is 0.333. The van der Waals surface area contributed by atoms with E-state index >= 15 is 0 Å². The zero-order valence-electron chi connectivity index (χ0n) is 16.8. The van der Waals surface area contributed by atoms with Crippen LogP contribution in [0.5, 0.6) is 0 Å². The molecule has 0 fully saturated rings. The highest BCUT2D eigenvalue weighted by Crippen LogP contribution is 2.17. The van der Waals surface area contributed by atoms with Crippen molar-refractivity contribution < 1.29 is 41.1 Å². The molecule has 0 aliphatic rings. The number of nitrogens with zero attached hydrogens (tertiary/aromatic N) is 2. The minimum atomic E-state index is -5.31. The summed E-state index contributed by atoms with van der Waals surface area (Å²) in [4.78, 5) is 38.7. The van der Waals surface area contributed by atoms with Crippen LogP contribution in [0.3, 0.4) is 0 Å². The molecule has 32 heavy (non-hydrogen) atoms. The van der Waals surface area contributed by atoms with Crippen molar-refractivity contribution in [3.63, 3.8) is 0 Å². The number of rotatable bonds is 8. The van der Waals surface area contributed by atoms with Gasteiger partial charge in [-0.25, -0.2) is 22.2 Å². The third-order valence-corrected chi connectivity index (χ3v) is 5.82. The maximum absolute atomic E-state index is 12.7. The zero-order chi connectivity index (χ0) is 24.3. The summed E-state index contributed by atoms with van der Waals surface area (Å²) in [7, 11) is -4.05. The SMILES string of the molecule is CC(C)(NC(=O)[C@H](Cc1cn(S(=O)(=O)c2ccccc2)cn1)NC(=O)C(F)(F)F)C(=O)O. The molecule has 0 unspecified atom stereocenters. The van der Waals surface area contributed by atoms with Gasteiger partial charge in [-0.1, -0.05) is 18.2 Å². The predicted octanol–water partition coefficient (Wildman–Crippen LogP) is 0.689. The molecule has 14 heteroatoms. The Balaban J connectivity index is 2.31. The van der Waals surface area contributed by atoms with Gasteiger partial charge in [0.1, 0.15) is 17.9 Å². The second-order valence-corrected chi connectivity index (χ2v) is 9.00. The third-order valence-electron chi connectivity index (χ3n) is 4.20. The van der Waals surface area contributed by atoms with Crippen molar-refractivity contribution in [3.05, 3.63) is 48.5 Å². The molecule has 174 valence electrons. The van der Waals surface area contributed by atoms with E-state index in [0.717, 1.165) is 26.4 Å². The Hall–Kier alpha value is -3.42. The van der Waals surface area contributed by atoms with E-state index in [1.165, 1.54) is 29.6 Å². The normalized spacial score (nSPS) is 13.3. The van der Waals surface area contributed by atoms with Crippen LogP contribution in [0.4, 0.5) is 13.2 Å². The number of alkyl halides is 3. The lowest BCUT2D eigenvalue weighted by Crippen LogP contribution is -2.58. The molecule has 0 saturated carbocycles. The Morgan fingerprint density at radius 2 is 1.75 bits per heavy atom. The molecule has 0 bridgehead atoms. The molecule has 0 aliphatic heterocycles. The molecule has 0 radical (unpaired) electrons. The Morgan fingerprint density at radius 3 is 2.28 bits per heavy atom. The van der Waals surface area contributed by atoms with E-state index in [4.69, 9.17) is 5.11 Å². The van der Waals surface area contributed by atoms with E-state index < -0.39 is 52.0 Å². The number of imidazole rings is 1. The van der Waals surface area contributed by atoms with Gasteiger partial charge in [-0.05, 0) is 26.0 Å². The second kappa shape index (κ2) is 8.98. The molecule has 3 N–H and O–H groups in total. The average Bonchev–Trinajstić information content (AvgIpc) is 3.16. The summed E-state index contributed by atoms with van der Waals surface area (Å²) in [6.45, 7) is 2.19. The molecule has 2 rings (SSSR count). The van der Waals surface area contributed by atoms with Gasteiger partial charge >= 0.3 is 18.1 Å². The number of nitrogens with one attached hydrogen (secondary N) is 2. The first-order valence-corrected chi connectivity index (χ1v) is 10.3. The minimum absolute atomic E-state index is 0.0770. The first kappa shape index (κ1) is 24.8. The van der Waals surface area contributed by atoms with Crippen LogP contribution in [0.2, 0.25) is 0 Å². The van der Waals surface area contributed by atoms with Crippen molar-refractivity contribution in [3.8, 4) is 0 Å². The van der Waals surface area contributed by atoms with Crippen LogP contribution in [0.1, 0.15) is 19.5 Å². The van der Waals surface area contributed by atoms with Gasteiger partial charge in [-0.15, -0.1) is 0 Å². The van der Waals surface area contributed by atoms with Gasteiger partial charge in [0.2, 0.25) is 5.91 Å². The molecule has 1 aromatic heterocycles. The third kappa shape index (κ3) is 5.84. The van der Waals surface area contributed by atoms with Gasteiger partial charge < -0.3 is 15.7 Å². The van der Waals surface area contributed by atoms with Crippen LogP contribution < -0.4 is 10.6 Å². The highest BCUT2D eigenvalue weighted by atomic mass is 32.2. The fourth-order valence-electron chi connectivity index (χ4n) is 2.40. The predicted molar refractivity (Wildman–Crippen MR) is 103 cm³/mol. The lowest BCUT2D eigenvalue weighted by atomic mass is 10.0. The Kier molecular flexibility index (Phi) is 6.97. The Labute approximate surface area is 180 Å².